The van der Waals surface area contributed by atoms with Crippen molar-refractivity contribution in [2.75, 3.05) is 4.90 Å². The van der Waals surface area contributed by atoms with Gasteiger partial charge in [-0.15, -0.1) is 11.3 Å². The normalized spacial score (nSPS) is 12.7. The van der Waals surface area contributed by atoms with Gasteiger partial charge in [-0.05, 0) is 41.8 Å². The number of carbonyl (C=O) groups excluding carboxylic acids is 1. The molecular weight excluding hydrogens is 334 g/mol. The van der Waals surface area contributed by atoms with Crippen molar-refractivity contribution in [2.24, 2.45) is 0 Å². The van der Waals surface area contributed by atoms with Crippen molar-refractivity contribution in [3.8, 4) is 0 Å². The Hall–Kier alpha value is -1.75. The SMILES string of the molecule is O=C(c1cccs1)N1c2ccccc2Sc2ccc(Cl)cc21. The van der Waals surface area contributed by atoms with E-state index in [9.17, 15) is 4.79 Å². The Morgan fingerprint density at radius 2 is 1.77 bits per heavy atom. The molecule has 108 valence electrons. The second kappa shape index (κ2) is 5.47. The molecule has 3 aromatic rings. The van der Waals surface area contributed by atoms with Crippen LogP contribution in [0.5, 0.6) is 0 Å². The predicted molar refractivity (Wildman–Crippen MR) is 92.8 cm³/mol. The smallest absolute Gasteiger partial charge is 0.272 e. The van der Waals surface area contributed by atoms with E-state index in [2.05, 4.69) is 0 Å². The molecule has 2 nitrogen and oxygen atoms in total. The van der Waals surface area contributed by atoms with Gasteiger partial charge in [0.2, 0.25) is 0 Å². The Balaban J connectivity index is 1.93. The molecule has 5 heteroatoms. The molecule has 2 heterocycles. The number of para-hydroxylation sites is 1. The van der Waals surface area contributed by atoms with Crippen molar-refractivity contribution < 1.29 is 4.79 Å². The molecule has 0 unspecified atom stereocenters. The molecule has 0 saturated carbocycles. The minimum Gasteiger partial charge on any atom is -0.274 e. The summed E-state index contributed by atoms with van der Waals surface area (Å²) < 4.78 is 0. The van der Waals surface area contributed by atoms with Gasteiger partial charge in [0.25, 0.3) is 5.91 Å². The minimum absolute atomic E-state index is 0.0220. The first-order chi connectivity index (χ1) is 10.7. The van der Waals surface area contributed by atoms with E-state index in [1.54, 1.807) is 16.7 Å². The number of amides is 1. The van der Waals surface area contributed by atoms with Crippen LogP contribution in [0.4, 0.5) is 11.4 Å². The maximum absolute atomic E-state index is 13.0. The molecule has 0 radical (unpaired) electrons. The first kappa shape index (κ1) is 13.9. The van der Waals surface area contributed by atoms with Crippen molar-refractivity contribution in [2.45, 2.75) is 9.79 Å². The lowest BCUT2D eigenvalue weighted by Crippen LogP contribution is -2.27. The summed E-state index contributed by atoms with van der Waals surface area (Å²) in [5, 5.41) is 2.54. The van der Waals surface area contributed by atoms with Crippen molar-refractivity contribution in [3.05, 3.63) is 69.9 Å². The van der Waals surface area contributed by atoms with Crippen molar-refractivity contribution >= 4 is 52.0 Å². The average Bonchev–Trinajstić information content (AvgIpc) is 3.06. The zero-order chi connectivity index (χ0) is 15.1. The largest absolute Gasteiger partial charge is 0.274 e. The van der Waals surface area contributed by atoms with Gasteiger partial charge in [0, 0.05) is 14.8 Å². The fourth-order valence-corrected chi connectivity index (χ4v) is 4.31. The first-order valence-corrected chi connectivity index (χ1v) is 8.76. The number of anilines is 2. The van der Waals surface area contributed by atoms with Gasteiger partial charge < -0.3 is 0 Å². The Kier molecular flexibility index (Phi) is 3.45. The van der Waals surface area contributed by atoms with E-state index in [1.807, 2.05) is 60.0 Å². The fourth-order valence-electron chi connectivity index (χ4n) is 2.46. The van der Waals surface area contributed by atoms with E-state index in [0.29, 0.717) is 9.90 Å². The van der Waals surface area contributed by atoms with Gasteiger partial charge in [-0.1, -0.05) is 41.6 Å². The zero-order valence-electron chi connectivity index (χ0n) is 11.3. The lowest BCUT2D eigenvalue weighted by molar-refractivity contribution is 0.100. The predicted octanol–water partition coefficient (Wildman–Crippen LogP) is 5.84. The standard InChI is InChI=1S/C17H10ClNOS2/c18-11-7-8-15-13(10-11)19(17(20)16-6-3-9-21-16)12-4-1-2-5-14(12)22-15/h1-10H. The van der Waals surface area contributed by atoms with E-state index in [0.717, 1.165) is 21.2 Å². The van der Waals surface area contributed by atoms with Crippen LogP contribution in [-0.2, 0) is 0 Å². The summed E-state index contributed by atoms with van der Waals surface area (Å²) in [4.78, 5) is 17.6. The topological polar surface area (TPSA) is 20.3 Å². The number of hydrogen-bond acceptors (Lipinski definition) is 3. The van der Waals surface area contributed by atoms with Crippen LogP contribution in [0.2, 0.25) is 5.02 Å². The highest BCUT2D eigenvalue weighted by Crippen LogP contribution is 2.49. The maximum atomic E-state index is 13.0. The van der Waals surface area contributed by atoms with Crippen LogP contribution in [0.25, 0.3) is 0 Å². The van der Waals surface area contributed by atoms with Crippen LogP contribution in [0.15, 0.2) is 69.8 Å². The second-order valence-electron chi connectivity index (χ2n) is 4.80. The molecule has 0 saturated heterocycles. The molecule has 0 N–H and O–H groups in total. The Bertz CT molecular complexity index is 861. The molecule has 1 aliphatic heterocycles. The van der Waals surface area contributed by atoms with Gasteiger partial charge in [-0.2, -0.15) is 0 Å². The third-order valence-electron chi connectivity index (χ3n) is 3.42. The zero-order valence-corrected chi connectivity index (χ0v) is 13.7. The van der Waals surface area contributed by atoms with Gasteiger partial charge in [0.1, 0.15) is 0 Å². The molecule has 1 aliphatic rings. The van der Waals surface area contributed by atoms with E-state index in [-0.39, 0.29) is 5.91 Å². The molecule has 2 aromatic carbocycles. The third kappa shape index (κ3) is 2.24. The molecule has 0 bridgehead atoms. The van der Waals surface area contributed by atoms with Gasteiger partial charge in [-0.3, -0.25) is 9.69 Å². The fraction of sp³-hybridized carbons (Fsp3) is 0. The van der Waals surface area contributed by atoms with E-state index in [4.69, 9.17) is 11.6 Å². The highest BCUT2D eigenvalue weighted by Gasteiger charge is 2.29. The molecule has 1 aromatic heterocycles. The Morgan fingerprint density at radius 3 is 2.59 bits per heavy atom. The lowest BCUT2D eigenvalue weighted by Gasteiger charge is -2.30. The lowest BCUT2D eigenvalue weighted by atomic mass is 10.2. The quantitative estimate of drug-likeness (QED) is 0.552. The van der Waals surface area contributed by atoms with E-state index >= 15 is 0 Å². The summed E-state index contributed by atoms with van der Waals surface area (Å²) >= 11 is 9.26. The number of rotatable bonds is 1. The molecule has 0 atom stereocenters. The molecule has 4 rings (SSSR count). The van der Waals surface area contributed by atoms with Crippen LogP contribution >= 0.6 is 34.7 Å². The number of hydrogen-bond donors (Lipinski definition) is 0. The molecule has 0 fully saturated rings. The maximum Gasteiger partial charge on any atom is 0.272 e. The van der Waals surface area contributed by atoms with Gasteiger partial charge >= 0.3 is 0 Å². The summed E-state index contributed by atoms with van der Waals surface area (Å²) in [6, 6.07) is 17.4. The molecule has 1 amide bonds. The molecule has 0 spiro atoms. The van der Waals surface area contributed by atoms with Crippen molar-refractivity contribution in [3.63, 3.8) is 0 Å². The first-order valence-electron chi connectivity index (χ1n) is 6.68. The second-order valence-corrected chi connectivity index (χ2v) is 7.27. The summed E-state index contributed by atoms with van der Waals surface area (Å²) in [6.07, 6.45) is 0. The molecular formula is C17H10ClNOS2. The summed E-state index contributed by atoms with van der Waals surface area (Å²) in [7, 11) is 0. The highest BCUT2D eigenvalue weighted by atomic mass is 35.5. The third-order valence-corrected chi connectivity index (χ3v) is 5.65. The summed E-state index contributed by atoms with van der Waals surface area (Å²) in [5.74, 6) is -0.0220. The van der Waals surface area contributed by atoms with Crippen molar-refractivity contribution in [1.82, 2.24) is 0 Å². The van der Waals surface area contributed by atoms with Gasteiger partial charge in [0.05, 0.1) is 16.3 Å². The average molecular weight is 344 g/mol. The Morgan fingerprint density at radius 1 is 0.955 bits per heavy atom. The van der Waals surface area contributed by atoms with Crippen LogP contribution in [0.3, 0.4) is 0 Å². The van der Waals surface area contributed by atoms with Crippen LogP contribution in [-0.4, -0.2) is 5.91 Å². The van der Waals surface area contributed by atoms with Crippen LogP contribution in [0, 0.1) is 0 Å². The van der Waals surface area contributed by atoms with Gasteiger partial charge in [0.15, 0.2) is 0 Å². The summed E-state index contributed by atoms with van der Waals surface area (Å²) in [5.41, 5.74) is 1.75. The molecule has 0 aliphatic carbocycles. The number of fused-ring (bicyclic) bond motifs is 2. The number of benzene rings is 2. The minimum atomic E-state index is -0.0220. The number of carbonyl (C=O) groups is 1. The monoisotopic (exact) mass is 343 g/mol. The highest BCUT2D eigenvalue weighted by molar-refractivity contribution is 7.99. The number of thiophene rings is 1. The number of nitrogens with zero attached hydrogens (tertiary/aromatic N) is 1. The van der Waals surface area contributed by atoms with Crippen LogP contribution in [0.1, 0.15) is 9.67 Å². The van der Waals surface area contributed by atoms with Gasteiger partial charge in [-0.25, -0.2) is 0 Å². The van der Waals surface area contributed by atoms with E-state index in [1.165, 1.54) is 11.3 Å². The summed E-state index contributed by atoms with van der Waals surface area (Å²) in [6.45, 7) is 0. The number of halogens is 1. The Labute approximate surface area is 141 Å². The van der Waals surface area contributed by atoms with Crippen LogP contribution < -0.4 is 4.90 Å². The molecule has 22 heavy (non-hydrogen) atoms. The van der Waals surface area contributed by atoms with E-state index < -0.39 is 0 Å². The van der Waals surface area contributed by atoms with Crippen molar-refractivity contribution in [1.29, 1.82) is 0 Å².